The Labute approximate surface area is 159 Å². The number of amidine groups is 1. The summed E-state index contributed by atoms with van der Waals surface area (Å²) in [5.74, 6) is 1.13. The third-order valence-corrected chi connectivity index (χ3v) is 5.30. The number of nitrogens with zero attached hydrogens (tertiary/aromatic N) is 2. The Kier molecular flexibility index (Phi) is 5.06. The van der Waals surface area contributed by atoms with Gasteiger partial charge in [-0.15, -0.1) is 0 Å². The highest BCUT2D eigenvalue weighted by atomic mass is 32.2. The van der Waals surface area contributed by atoms with Crippen molar-refractivity contribution in [2.24, 2.45) is 0 Å². The summed E-state index contributed by atoms with van der Waals surface area (Å²) in [6.45, 7) is 10.5. The zero-order chi connectivity index (χ0) is 19.1. The van der Waals surface area contributed by atoms with E-state index >= 15 is 0 Å². The number of ether oxygens (including phenoxy) is 1. The number of thioether (sulfide) groups is 1. The number of anilines is 2. The molecule has 2 aliphatic rings. The molecule has 6 heteroatoms. The molecule has 2 heterocycles. The standard InChI is InChI=1S/C20H27N3O2S/c1-6-9-22(19(24)25-20(3,4)5)14-7-8-16-13(2)10-15-12-26-18(21)23(15)17(16)11-14/h7-8,10-11,13,21H,6,9,12H2,1-5H3. The lowest BCUT2D eigenvalue weighted by Gasteiger charge is -2.32. The minimum atomic E-state index is -0.532. The summed E-state index contributed by atoms with van der Waals surface area (Å²) >= 11 is 1.54. The van der Waals surface area contributed by atoms with Gasteiger partial charge in [-0.3, -0.25) is 15.2 Å². The van der Waals surface area contributed by atoms with Crippen LogP contribution in [0.2, 0.25) is 0 Å². The van der Waals surface area contributed by atoms with Crippen LogP contribution in [0.1, 0.15) is 52.5 Å². The maximum absolute atomic E-state index is 12.7. The molecule has 1 saturated heterocycles. The summed E-state index contributed by atoms with van der Waals surface area (Å²) in [5.41, 5.74) is 3.64. The lowest BCUT2D eigenvalue weighted by atomic mass is 9.93. The highest BCUT2D eigenvalue weighted by molar-refractivity contribution is 8.14. The molecule has 0 radical (unpaired) electrons. The molecular weight excluding hydrogens is 346 g/mol. The molecule has 1 atom stereocenters. The number of hydrogen-bond donors (Lipinski definition) is 1. The van der Waals surface area contributed by atoms with Crippen molar-refractivity contribution in [1.82, 2.24) is 0 Å². The van der Waals surface area contributed by atoms with Crippen LogP contribution in [-0.4, -0.2) is 29.2 Å². The van der Waals surface area contributed by atoms with E-state index in [1.807, 2.05) is 44.7 Å². The molecule has 0 aromatic heterocycles. The van der Waals surface area contributed by atoms with E-state index < -0.39 is 5.60 Å². The van der Waals surface area contributed by atoms with Crippen LogP contribution in [0.3, 0.4) is 0 Å². The van der Waals surface area contributed by atoms with Crippen LogP contribution in [0.5, 0.6) is 0 Å². The van der Waals surface area contributed by atoms with Crippen LogP contribution in [0.15, 0.2) is 30.0 Å². The highest BCUT2D eigenvalue weighted by Crippen LogP contribution is 2.44. The van der Waals surface area contributed by atoms with Gasteiger partial charge in [0.1, 0.15) is 5.60 Å². The molecule has 5 nitrogen and oxygen atoms in total. The first-order chi connectivity index (χ1) is 12.2. The molecule has 0 saturated carbocycles. The molecule has 1 aromatic carbocycles. The van der Waals surface area contributed by atoms with Crippen LogP contribution in [0, 0.1) is 5.41 Å². The van der Waals surface area contributed by atoms with E-state index in [1.54, 1.807) is 16.7 Å². The van der Waals surface area contributed by atoms with Gasteiger partial charge in [-0.2, -0.15) is 0 Å². The second-order valence-electron chi connectivity index (χ2n) is 7.75. The SMILES string of the molecule is CCCN(C(=O)OC(C)(C)C)c1ccc2c(c1)N1C(=N)SCC1=CC2C. The molecule has 1 fully saturated rings. The number of hydrogen-bond acceptors (Lipinski definition) is 4. The van der Waals surface area contributed by atoms with Gasteiger partial charge in [0.2, 0.25) is 0 Å². The largest absolute Gasteiger partial charge is 0.443 e. The number of nitrogens with one attached hydrogen (secondary N) is 1. The Morgan fingerprint density at radius 1 is 1.42 bits per heavy atom. The van der Waals surface area contributed by atoms with Crippen molar-refractivity contribution in [3.05, 3.63) is 35.5 Å². The summed E-state index contributed by atoms with van der Waals surface area (Å²) < 4.78 is 5.60. The first-order valence-corrected chi connectivity index (χ1v) is 10.1. The van der Waals surface area contributed by atoms with Gasteiger partial charge >= 0.3 is 6.09 Å². The Morgan fingerprint density at radius 2 is 2.15 bits per heavy atom. The third kappa shape index (κ3) is 3.61. The minimum Gasteiger partial charge on any atom is -0.443 e. The molecule has 26 heavy (non-hydrogen) atoms. The Bertz CT molecular complexity index is 767. The van der Waals surface area contributed by atoms with Crippen LogP contribution in [-0.2, 0) is 4.74 Å². The zero-order valence-electron chi connectivity index (χ0n) is 16.1. The van der Waals surface area contributed by atoms with Gasteiger partial charge in [-0.25, -0.2) is 4.79 Å². The van der Waals surface area contributed by atoms with Gasteiger partial charge in [0.15, 0.2) is 5.17 Å². The predicted molar refractivity (Wildman–Crippen MR) is 109 cm³/mol. The average molecular weight is 374 g/mol. The van der Waals surface area contributed by atoms with Crippen LogP contribution < -0.4 is 9.80 Å². The summed E-state index contributed by atoms with van der Waals surface area (Å²) in [5, 5.41) is 8.82. The van der Waals surface area contributed by atoms with Gasteiger partial charge in [0.05, 0.1) is 5.69 Å². The molecule has 140 valence electrons. The van der Waals surface area contributed by atoms with Crippen molar-refractivity contribution in [3.8, 4) is 0 Å². The van der Waals surface area contributed by atoms with E-state index in [1.165, 1.54) is 5.56 Å². The van der Waals surface area contributed by atoms with E-state index in [0.717, 1.165) is 29.2 Å². The van der Waals surface area contributed by atoms with E-state index in [4.69, 9.17) is 10.1 Å². The van der Waals surface area contributed by atoms with Crippen molar-refractivity contribution in [2.75, 3.05) is 22.1 Å². The third-order valence-electron chi connectivity index (χ3n) is 4.41. The average Bonchev–Trinajstić information content (AvgIpc) is 2.91. The second kappa shape index (κ2) is 6.99. The maximum atomic E-state index is 12.7. The lowest BCUT2D eigenvalue weighted by molar-refractivity contribution is 0.0580. The molecule has 3 rings (SSSR count). The summed E-state index contributed by atoms with van der Waals surface area (Å²) in [7, 11) is 0. The smallest absolute Gasteiger partial charge is 0.414 e. The fourth-order valence-corrected chi connectivity index (χ4v) is 4.17. The molecule has 1 aromatic rings. The van der Waals surface area contributed by atoms with Crippen molar-refractivity contribution in [3.63, 3.8) is 0 Å². The number of amides is 1. The van der Waals surface area contributed by atoms with Gasteiger partial charge in [-0.05, 0) is 44.9 Å². The molecular formula is C20H27N3O2S. The van der Waals surface area contributed by atoms with E-state index in [0.29, 0.717) is 17.6 Å². The Hall–Kier alpha value is -1.95. The summed E-state index contributed by atoms with van der Waals surface area (Å²) in [6, 6.07) is 6.09. The van der Waals surface area contributed by atoms with E-state index in [-0.39, 0.29) is 6.09 Å². The fourth-order valence-electron chi connectivity index (χ4n) is 3.31. The van der Waals surface area contributed by atoms with Crippen molar-refractivity contribution < 1.29 is 9.53 Å². The quantitative estimate of drug-likeness (QED) is 0.778. The van der Waals surface area contributed by atoms with Crippen molar-refractivity contribution in [1.29, 1.82) is 5.41 Å². The number of carbonyl (C=O) groups is 1. The predicted octanol–water partition coefficient (Wildman–Crippen LogP) is 5.33. The molecule has 1 amide bonds. The van der Waals surface area contributed by atoms with Gasteiger partial charge < -0.3 is 4.74 Å². The van der Waals surface area contributed by atoms with Gasteiger partial charge in [-0.1, -0.05) is 37.8 Å². The van der Waals surface area contributed by atoms with Crippen molar-refractivity contribution >= 4 is 34.4 Å². The first-order valence-electron chi connectivity index (χ1n) is 9.08. The number of allylic oxidation sites excluding steroid dienone is 1. The topological polar surface area (TPSA) is 56.6 Å². The molecule has 0 spiro atoms. The van der Waals surface area contributed by atoms with E-state index in [2.05, 4.69) is 19.1 Å². The Morgan fingerprint density at radius 3 is 2.81 bits per heavy atom. The lowest BCUT2D eigenvalue weighted by Crippen LogP contribution is -2.37. The molecule has 0 bridgehead atoms. The second-order valence-corrected chi connectivity index (χ2v) is 8.72. The highest BCUT2D eigenvalue weighted by Gasteiger charge is 2.33. The number of rotatable bonds is 3. The van der Waals surface area contributed by atoms with Crippen LogP contribution in [0.4, 0.5) is 16.2 Å². The molecule has 0 aliphatic carbocycles. The van der Waals surface area contributed by atoms with Crippen molar-refractivity contribution in [2.45, 2.75) is 52.6 Å². The monoisotopic (exact) mass is 373 g/mol. The molecule has 2 aliphatic heterocycles. The maximum Gasteiger partial charge on any atom is 0.414 e. The summed E-state index contributed by atoms with van der Waals surface area (Å²) in [4.78, 5) is 16.4. The normalized spacial score (nSPS) is 19.0. The van der Waals surface area contributed by atoms with Crippen LogP contribution in [0.25, 0.3) is 0 Å². The van der Waals surface area contributed by atoms with Gasteiger partial charge in [0.25, 0.3) is 0 Å². The number of fused-ring (bicyclic) bond motifs is 3. The summed E-state index contributed by atoms with van der Waals surface area (Å²) in [6.07, 6.45) is 2.74. The van der Waals surface area contributed by atoms with E-state index in [9.17, 15) is 4.79 Å². The molecule has 1 unspecified atom stereocenters. The number of benzene rings is 1. The van der Waals surface area contributed by atoms with Gasteiger partial charge in [0, 0.05) is 29.6 Å². The fraction of sp³-hybridized carbons (Fsp3) is 0.500. The molecule has 1 N–H and O–H groups in total. The first kappa shape index (κ1) is 18.8. The van der Waals surface area contributed by atoms with Crippen LogP contribution >= 0.6 is 11.8 Å². The Balaban J connectivity index is 1.99. The minimum absolute atomic E-state index is 0.304. The number of carbonyl (C=O) groups excluding carboxylic acids is 1. The zero-order valence-corrected chi connectivity index (χ0v) is 16.9.